The van der Waals surface area contributed by atoms with E-state index in [1.165, 1.54) is 16.7 Å². The van der Waals surface area contributed by atoms with Gasteiger partial charge in [-0.3, -0.25) is 14.7 Å². The van der Waals surface area contributed by atoms with Crippen LogP contribution in [0.25, 0.3) is 0 Å². The second-order valence-corrected chi connectivity index (χ2v) is 8.38. The van der Waals surface area contributed by atoms with E-state index in [-0.39, 0.29) is 5.91 Å². The van der Waals surface area contributed by atoms with E-state index in [0.717, 1.165) is 27.5 Å². The zero-order chi connectivity index (χ0) is 18.7. The number of rotatable bonds is 5. The molecule has 26 heavy (non-hydrogen) atoms. The van der Waals surface area contributed by atoms with Crippen LogP contribution in [0.1, 0.15) is 13.8 Å². The molecule has 0 aliphatic carbocycles. The lowest BCUT2D eigenvalue weighted by Gasteiger charge is -2.17. The van der Waals surface area contributed by atoms with E-state index in [1.54, 1.807) is 16.7 Å². The first-order valence-electron chi connectivity index (χ1n) is 8.36. The Kier molecular flexibility index (Phi) is 6.61. The SMILES string of the molecule is CCN1C(=O)/C(=C\C=C2/Sc3ccc(Cl)cc3N2CC)SC1=NCCCl. The molecule has 4 nitrogen and oxygen atoms in total. The summed E-state index contributed by atoms with van der Waals surface area (Å²) in [6.45, 7) is 5.99. The number of aliphatic imine (C=N–C) groups is 1. The number of carbonyl (C=O) groups is 1. The van der Waals surface area contributed by atoms with Crippen molar-refractivity contribution in [2.75, 3.05) is 30.4 Å². The number of benzene rings is 1. The molecular weight excluding hydrogens is 409 g/mol. The highest BCUT2D eigenvalue weighted by Crippen LogP contribution is 2.47. The van der Waals surface area contributed by atoms with Gasteiger partial charge in [-0.15, -0.1) is 11.6 Å². The summed E-state index contributed by atoms with van der Waals surface area (Å²) in [4.78, 5) is 22.7. The zero-order valence-electron chi connectivity index (χ0n) is 14.5. The molecule has 0 spiro atoms. The number of likely N-dealkylation sites (N-methyl/N-ethyl adjacent to an activating group) is 1. The van der Waals surface area contributed by atoms with E-state index < -0.39 is 0 Å². The van der Waals surface area contributed by atoms with Gasteiger partial charge in [-0.1, -0.05) is 23.4 Å². The van der Waals surface area contributed by atoms with Crippen molar-refractivity contribution in [2.45, 2.75) is 18.7 Å². The molecule has 2 aliphatic heterocycles. The molecule has 3 rings (SSSR count). The Morgan fingerprint density at radius 1 is 1.15 bits per heavy atom. The molecule has 1 saturated heterocycles. The Balaban J connectivity index is 1.86. The molecule has 1 amide bonds. The number of nitrogens with zero attached hydrogens (tertiary/aromatic N) is 3. The van der Waals surface area contributed by atoms with Gasteiger partial charge in [-0.2, -0.15) is 0 Å². The monoisotopic (exact) mass is 427 g/mol. The Bertz CT molecular complexity index is 808. The molecule has 138 valence electrons. The lowest BCUT2D eigenvalue weighted by molar-refractivity contribution is -0.122. The number of carbonyl (C=O) groups excluding carboxylic acids is 1. The fourth-order valence-corrected chi connectivity index (χ4v) is 5.10. The number of hydrogen-bond donors (Lipinski definition) is 0. The molecule has 0 bridgehead atoms. The number of anilines is 1. The van der Waals surface area contributed by atoms with Gasteiger partial charge in [-0.05, 0) is 56.0 Å². The molecule has 1 aromatic rings. The molecule has 1 fully saturated rings. The summed E-state index contributed by atoms with van der Waals surface area (Å²) in [6.07, 6.45) is 3.89. The van der Waals surface area contributed by atoms with Crippen molar-refractivity contribution in [3.63, 3.8) is 0 Å². The molecule has 2 aliphatic rings. The van der Waals surface area contributed by atoms with Gasteiger partial charge in [0.05, 0.1) is 22.2 Å². The number of thioether (sulfide) groups is 2. The van der Waals surface area contributed by atoms with Crippen LogP contribution < -0.4 is 4.90 Å². The number of fused-ring (bicyclic) bond motifs is 1. The van der Waals surface area contributed by atoms with Gasteiger partial charge in [0.15, 0.2) is 5.17 Å². The number of amides is 1. The van der Waals surface area contributed by atoms with Crippen molar-refractivity contribution in [2.24, 2.45) is 4.99 Å². The Hall–Kier alpha value is -1.08. The molecule has 0 aromatic heterocycles. The third-order valence-electron chi connectivity index (χ3n) is 3.92. The highest BCUT2D eigenvalue weighted by molar-refractivity contribution is 8.18. The largest absolute Gasteiger partial charge is 0.335 e. The average molecular weight is 428 g/mol. The third kappa shape index (κ3) is 3.93. The summed E-state index contributed by atoms with van der Waals surface area (Å²) in [7, 11) is 0. The van der Waals surface area contributed by atoms with Gasteiger partial charge in [0.1, 0.15) is 0 Å². The van der Waals surface area contributed by atoms with Crippen molar-refractivity contribution in [1.29, 1.82) is 0 Å². The fraction of sp³-hybridized carbons (Fsp3) is 0.333. The summed E-state index contributed by atoms with van der Waals surface area (Å²) in [5.74, 6) is 0.441. The Morgan fingerprint density at radius 2 is 1.92 bits per heavy atom. The van der Waals surface area contributed by atoms with Crippen LogP contribution in [0, 0.1) is 0 Å². The molecule has 0 atom stereocenters. The predicted molar refractivity (Wildman–Crippen MR) is 114 cm³/mol. The third-order valence-corrected chi connectivity index (χ3v) is 6.52. The molecule has 0 unspecified atom stereocenters. The van der Waals surface area contributed by atoms with Crippen molar-refractivity contribution >= 4 is 63.5 Å². The maximum Gasteiger partial charge on any atom is 0.266 e. The Morgan fingerprint density at radius 3 is 2.62 bits per heavy atom. The van der Waals surface area contributed by atoms with E-state index in [9.17, 15) is 4.79 Å². The molecule has 1 aromatic carbocycles. The van der Waals surface area contributed by atoms with Crippen LogP contribution in [0.4, 0.5) is 5.69 Å². The number of halogens is 2. The standard InChI is InChI=1S/C18H19Cl2N3OS2/c1-3-22-13-11-12(20)5-6-14(13)25-16(22)8-7-15-17(24)23(4-2)18(26-15)21-10-9-19/h5-8,11H,3-4,9-10H2,1-2H3/b15-7+,16-8-,21-18?. The van der Waals surface area contributed by atoms with Crippen molar-refractivity contribution in [3.8, 4) is 0 Å². The minimum Gasteiger partial charge on any atom is -0.335 e. The highest BCUT2D eigenvalue weighted by Gasteiger charge is 2.32. The molecular formula is C18H19Cl2N3OS2. The summed E-state index contributed by atoms with van der Waals surface area (Å²) < 4.78 is 0. The number of amidine groups is 1. The van der Waals surface area contributed by atoms with Crippen molar-refractivity contribution in [3.05, 3.63) is 45.3 Å². The van der Waals surface area contributed by atoms with E-state index in [0.29, 0.717) is 23.9 Å². The molecule has 0 radical (unpaired) electrons. The zero-order valence-corrected chi connectivity index (χ0v) is 17.7. The predicted octanol–water partition coefficient (Wildman–Crippen LogP) is 5.19. The van der Waals surface area contributed by atoms with Crippen molar-refractivity contribution < 1.29 is 4.79 Å². The highest BCUT2D eigenvalue weighted by atomic mass is 35.5. The first-order chi connectivity index (χ1) is 12.6. The van der Waals surface area contributed by atoms with Crippen LogP contribution in [-0.2, 0) is 4.79 Å². The quantitative estimate of drug-likeness (QED) is 0.478. The molecule has 0 saturated carbocycles. The normalized spacial score (nSPS) is 21.5. The topological polar surface area (TPSA) is 35.9 Å². The first-order valence-corrected chi connectivity index (χ1v) is 10.9. The maximum absolute atomic E-state index is 12.6. The van der Waals surface area contributed by atoms with Gasteiger partial charge in [0.25, 0.3) is 5.91 Å². The summed E-state index contributed by atoms with van der Waals surface area (Å²) in [6, 6.07) is 5.91. The lowest BCUT2D eigenvalue weighted by Crippen LogP contribution is -2.28. The van der Waals surface area contributed by atoms with Crippen LogP contribution in [0.3, 0.4) is 0 Å². The van der Waals surface area contributed by atoms with E-state index in [4.69, 9.17) is 23.2 Å². The van der Waals surface area contributed by atoms with E-state index in [2.05, 4.69) is 16.8 Å². The van der Waals surface area contributed by atoms with Crippen LogP contribution >= 0.6 is 46.7 Å². The summed E-state index contributed by atoms with van der Waals surface area (Å²) in [5.41, 5.74) is 1.11. The summed E-state index contributed by atoms with van der Waals surface area (Å²) in [5, 5.41) is 2.53. The van der Waals surface area contributed by atoms with Crippen LogP contribution in [-0.4, -0.2) is 41.5 Å². The number of allylic oxidation sites excluding steroid dienone is 2. The smallest absolute Gasteiger partial charge is 0.266 e. The van der Waals surface area contributed by atoms with Gasteiger partial charge in [0, 0.05) is 28.9 Å². The second kappa shape index (κ2) is 8.74. The first kappa shape index (κ1) is 19.7. The second-order valence-electron chi connectivity index (χ2n) is 5.50. The van der Waals surface area contributed by atoms with Gasteiger partial charge in [-0.25, -0.2) is 0 Å². The Labute approximate surface area is 172 Å². The minimum atomic E-state index is -0.00530. The average Bonchev–Trinajstić information content (AvgIpc) is 3.14. The number of alkyl halides is 1. The van der Waals surface area contributed by atoms with Crippen molar-refractivity contribution in [1.82, 2.24) is 4.90 Å². The number of hydrogen-bond acceptors (Lipinski definition) is 5. The molecule has 8 heteroatoms. The lowest BCUT2D eigenvalue weighted by atomic mass is 10.3. The minimum absolute atomic E-state index is 0.00530. The van der Waals surface area contributed by atoms with Gasteiger partial charge < -0.3 is 4.90 Å². The van der Waals surface area contributed by atoms with E-state index in [1.807, 2.05) is 37.3 Å². The van der Waals surface area contributed by atoms with Gasteiger partial charge >= 0.3 is 0 Å². The molecule has 0 N–H and O–H groups in total. The summed E-state index contributed by atoms with van der Waals surface area (Å²) >= 11 is 14.9. The maximum atomic E-state index is 12.6. The van der Waals surface area contributed by atoms with Crippen LogP contribution in [0.5, 0.6) is 0 Å². The van der Waals surface area contributed by atoms with E-state index >= 15 is 0 Å². The van der Waals surface area contributed by atoms with Gasteiger partial charge in [0.2, 0.25) is 0 Å². The van der Waals surface area contributed by atoms with Crippen LogP contribution in [0.2, 0.25) is 5.02 Å². The fourth-order valence-electron chi connectivity index (χ4n) is 2.73. The van der Waals surface area contributed by atoms with Crippen LogP contribution in [0.15, 0.2) is 50.2 Å². The molecule has 2 heterocycles.